The molecule has 2 aromatic rings. The van der Waals surface area contributed by atoms with Gasteiger partial charge >= 0.3 is 0 Å². The van der Waals surface area contributed by atoms with Crippen LogP contribution in [0.15, 0.2) is 46.9 Å². The smallest absolute Gasteiger partial charge is 0.256 e. The van der Waals surface area contributed by atoms with Crippen molar-refractivity contribution in [2.75, 3.05) is 10.2 Å². The van der Waals surface area contributed by atoms with E-state index < -0.39 is 6.04 Å². The lowest BCUT2D eigenvalue weighted by molar-refractivity contribution is -0.121. The Morgan fingerprint density at radius 1 is 1.13 bits per heavy atom. The molecule has 0 aromatic heterocycles. The first-order valence-corrected chi connectivity index (χ1v) is 8.35. The van der Waals surface area contributed by atoms with Crippen molar-refractivity contribution in [2.45, 2.75) is 12.5 Å². The van der Waals surface area contributed by atoms with E-state index in [1.165, 1.54) is 6.07 Å². The first-order chi connectivity index (χ1) is 11.0. The van der Waals surface area contributed by atoms with Crippen molar-refractivity contribution in [3.63, 3.8) is 0 Å². The van der Waals surface area contributed by atoms with Crippen molar-refractivity contribution in [2.24, 2.45) is 0 Å². The van der Waals surface area contributed by atoms with Crippen molar-refractivity contribution >= 4 is 62.3 Å². The van der Waals surface area contributed by atoms with Crippen LogP contribution in [0, 0.1) is 0 Å². The first-order valence-electron chi connectivity index (χ1n) is 6.80. The molecular formula is C16H11BrCl2N2O2. The van der Waals surface area contributed by atoms with Gasteiger partial charge in [-0.15, -0.1) is 0 Å². The summed E-state index contributed by atoms with van der Waals surface area (Å²) >= 11 is 15.4. The van der Waals surface area contributed by atoms with Crippen molar-refractivity contribution in [3.05, 3.63) is 57.0 Å². The zero-order valence-corrected chi connectivity index (χ0v) is 14.8. The van der Waals surface area contributed by atoms with Crippen LogP contribution in [0.1, 0.15) is 6.42 Å². The molecule has 1 saturated heterocycles. The molecule has 3 rings (SSSR count). The second-order valence-electron chi connectivity index (χ2n) is 5.04. The lowest BCUT2D eigenvalue weighted by Crippen LogP contribution is -2.35. The van der Waals surface area contributed by atoms with E-state index in [4.69, 9.17) is 23.2 Å². The van der Waals surface area contributed by atoms with Crippen LogP contribution in [0.3, 0.4) is 0 Å². The summed E-state index contributed by atoms with van der Waals surface area (Å²) in [5.74, 6) is -0.640. The lowest BCUT2D eigenvalue weighted by Gasteiger charge is -2.17. The SMILES string of the molecule is O=C1C[C@@H](Nc2ccccc2Br)C(=O)N1c1ccc(Cl)cc1Cl. The Morgan fingerprint density at radius 2 is 1.87 bits per heavy atom. The number of imide groups is 1. The minimum atomic E-state index is -0.632. The molecule has 118 valence electrons. The number of nitrogens with one attached hydrogen (secondary N) is 1. The third kappa shape index (κ3) is 3.22. The number of amides is 2. The molecule has 1 aliphatic heterocycles. The first kappa shape index (κ1) is 16.3. The van der Waals surface area contributed by atoms with Gasteiger partial charge in [0.05, 0.1) is 17.1 Å². The number of halogens is 3. The third-order valence-corrected chi connectivity index (χ3v) is 4.73. The number of rotatable bonds is 3. The van der Waals surface area contributed by atoms with Crippen LogP contribution in [0.4, 0.5) is 11.4 Å². The number of hydrogen-bond acceptors (Lipinski definition) is 3. The molecule has 1 N–H and O–H groups in total. The fourth-order valence-electron chi connectivity index (χ4n) is 2.43. The van der Waals surface area contributed by atoms with Crippen LogP contribution in [-0.2, 0) is 9.59 Å². The molecule has 1 aliphatic rings. The summed E-state index contributed by atoms with van der Waals surface area (Å²) in [5, 5.41) is 3.80. The van der Waals surface area contributed by atoms with Crippen molar-refractivity contribution in [1.29, 1.82) is 0 Å². The van der Waals surface area contributed by atoms with Gasteiger partial charge in [0.25, 0.3) is 5.91 Å². The van der Waals surface area contributed by atoms with Crippen molar-refractivity contribution < 1.29 is 9.59 Å². The highest BCUT2D eigenvalue weighted by molar-refractivity contribution is 9.10. The number of nitrogens with zero attached hydrogens (tertiary/aromatic N) is 1. The van der Waals surface area contributed by atoms with Gasteiger partial charge in [0.1, 0.15) is 6.04 Å². The van der Waals surface area contributed by atoms with Gasteiger partial charge in [-0.3, -0.25) is 9.59 Å². The van der Waals surface area contributed by atoms with Crippen LogP contribution in [0.5, 0.6) is 0 Å². The average molecular weight is 414 g/mol. The Morgan fingerprint density at radius 3 is 2.57 bits per heavy atom. The quantitative estimate of drug-likeness (QED) is 0.753. The topological polar surface area (TPSA) is 49.4 Å². The molecule has 0 bridgehead atoms. The van der Waals surface area contributed by atoms with E-state index in [1.54, 1.807) is 12.1 Å². The summed E-state index contributed by atoms with van der Waals surface area (Å²) in [6.07, 6.45) is 0.0686. The normalized spacial score (nSPS) is 17.7. The standard InChI is InChI=1S/C16H11BrCl2N2O2/c17-10-3-1-2-4-12(10)20-13-8-15(22)21(16(13)23)14-6-5-9(18)7-11(14)19/h1-7,13,20H,8H2/t13-/m1/s1. The Balaban J connectivity index is 1.87. The van der Waals surface area contributed by atoms with Gasteiger partial charge in [-0.25, -0.2) is 4.90 Å². The summed E-state index contributed by atoms with van der Waals surface area (Å²) in [4.78, 5) is 26.0. The molecule has 2 amide bonds. The summed E-state index contributed by atoms with van der Waals surface area (Å²) in [6, 6.07) is 11.5. The summed E-state index contributed by atoms with van der Waals surface area (Å²) in [6.45, 7) is 0. The highest BCUT2D eigenvalue weighted by Gasteiger charge is 2.40. The van der Waals surface area contributed by atoms with E-state index in [-0.39, 0.29) is 23.3 Å². The second kappa shape index (κ2) is 6.51. The summed E-state index contributed by atoms with van der Waals surface area (Å²) < 4.78 is 0.822. The molecule has 2 aromatic carbocycles. The lowest BCUT2D eigenvalue weighted by atomic mass is 10.2. The zero-order valence-electron chi connectivity index (χ0n) is 11.7. The van der Waals surface area contributed by atoms with E-state index in [0.29, 0.717) is 10.7 Å². The number of benzene rings is 2. The molecule has 0 spiro atoms. The molecular weight excluding hydrogens is 403 g/mol. The molecule has 23 heavy (non-hydrogen) atoms. The largest absolute Gasteiger partial charge is 0.372 e. The Bertz CT molecular complexity index is 797. The molecule has 0 saturated carbocycles. The Labute approximate surface area is 151 Å². The van der Waals surface area contributed by atoms with E-state index in [2.05, 4.69) is 21.2 Å². The fraction of sp³-hybridized carbons (Fsp3) is 0.125. The molecule has 1 heterocycles. The second-order valence-corrected chi connectivity index (χ2v) is 6.74. The molecule has 7 heteroatoms. The Hall–Kier alpha value is -1.56. The molecule has 0 aliphatic carbocycles. The van der Waals surface area contributed by atoms with Gasteiger partial charge in [0.15, 0.2) is 0 Å². The van der Waals surface area contributed by atoms with Gasteiger partial charge in [0, 0.05) is 15.2 Å². The Kier molecular flexibility index (Phi) is 4.62. The van der Waals surface area contributed by atoms with E-state index in [0.717, 1.165) is 15.1 Å². The predicted molar refractivity (Wildman–Crippen MR) is 95.1 cm³/mol. The van der Waals surface area contributed by atoms with Crippen LogP contribution in [-0.4, -0.2) is 17.9 Å². The van der Waals surface area contributed by atoms with Crippen LogP contribution in [0.25, 0.3) is 0 Å². The average Bonchev–Trinajstić information content (AvgIpc) is 2.77. The van der Waals surface area contributed by atoms with Crippen molar-refractivity contribution in [1.82, 2.24) is 0 Å². The maximum absolute atomic E-state index is 12.6. The van der Waals surface area contributed by atoms with Crippen LogP contribution in [0.2, 0.25) is 10.0 Å². The minimum absolute atomic E-state index is 0.0686. The van der Waals surface area contributed by atoms with Crippen LogP contribution < -0.4 is 10.2 Å². The minimum Gasteiger partial charge on any atom is -0.372 e. The maximum Gasteiger partial charge on any atom is 0.256 e. The predicted octanol–water partition coefficient (Wildman–Crippen LogP) is 4.50. The van der Waals surface area contributed by atoms with Gasteiger partial charge in [-0.05, 0) is 46.3 Å². The summed E-state index contributed by atoms with van der Waals surface area (Å²) in [5.41, 5.74) is 1.10. The highest BCUT2D eigenvalue weighted by atomic mass is 79.9. The number of para-hydroxylation sites is 1. The molecule has 4 nitrogen and oxygen atoms in total. The maximum atomic E-state index is 12.6. The monoisotopic (exact) mass is 412 g/mol. The van der Waals surface area contributed by atoms with E-state index >= 15 is 0 Å². The molecule has 0 unspecified atom stereocenters. The van der Waals surface area contributed by atoms with Gasteiger partial charge in [0.2, 0.25) is 5.91 Å². The van der Waals surface area contributed by atoms with E-state index in [9.17, 15) is 9.59 Å². The van der Waals surface area contributed by atoms with Crippen LogP contribution >= 0.6 is 39.1 Å². The van der Waals surface area contributed by atoms with E-state index in [1.807, 2.05) is 24.3 Å². The van der Waals surface area contributed by atoms with Crippen molar-refractivity contribution in [3.8, 4) is 0 Å². The van der Waals surface area contributed by atoms with Gasteiger partial charge in [-0.1, -0.05) is 35.3 Å². The zero-order chi connectivity index (χ0) is 16.6. The van der Waals surface area contributed by atoms with Gasteiger partial charge < -0.3 is 5.32 Å². The number of carbonyl (C=O) groups is 2. The molecule has 0 radical (unpaired) electrons. The number of carbonyl (C=O) groups excluding carboxylic acids is 2. The number of anilines is 2. The molecule has 1 atom stereocenters. The number of hydrogen-bond donors (Lipinski definition) is 1. The molecule has 1 fully saturated rings. The highest BCUT2D eigenvalue weighted by Crippen LogP contribution is 2.33. The fourth-order valence-corrected chi connectivity index (χ4v) is 3.32. The summed E-state index contributed by atoms with van der Waals surface area (Å²) in [7, 11) is 0. The third-order valence-electron chi connectivity index (χ3n) is 3.50. The van der Waals surface area contributed by atoms with Gasteiger partial charge in [-0.2, -0.15) is 0 Å².